The van der Waals surface area contributed by atoms with E-state index in [0.29, 0.717) is 18.0 Å². The molecule has 6 aliphatic carbocycles. The fourth-order valence-corrected chi connectivity index (χ4v) is 9.01. The van der Waals surface area contributed by atoms with Crippen molar-refractivity contribution in [1.82, 2.24) is 10.4 Å². The van der Waals surface area contributed by atoms with E-state index in [1.165, 1.54) is 89.9 Å². The first-order valence-corrected chi connectivity index (χ1v) is 11.8. The summed E-state index contributed by atoms with van der Waals surface area (Å²) in [6.45, 7) is 0. The third-order valence-corrected chi connectivity index (χ3v) is 9.58. The van der Waals surface area contributed by atoms with Crippen LogP contribution in [0, 0.1) is 35.0 Å². The molecule has 26 heavy (non-hydrogen) atoms. The van der Waals surface area contributed by atoms with Gasteiger partial charge in [0.2, 0.25) is 5.91 Å². The summed E-state index contributed by atoms with van der Waals surface area (Å²) in [7, 11) is 0. The van der Waals surface area contributed by atoms with Crippen molar-refractivity contribution < 1.29 is 4.79 Å². The van der Waals surface area contributed by atoms with Gasteiger partial charge < -0.3 is 0 Å². The lowest BCUT2D eigenvalue weighted by molar-refractivity contribution is -0.153. The molecule has 0 aromatic rings. The molecular formula is C23H36N2O. The molecule has 1 amide bonds. The van der Waals surface area contributed by atoms with Crippen LogP contribution in [0.5, 0.6) is 0 Å². The first-order chi connectivity index (χ1) is 12.7. The molecule has 1 heterocycles. The summed E-state index contributed by atoms with van der Waals surface area (Å²) < 4.78 is 0. The lowest BCUT2D eigenvalue weighted by Crippen LogP contribution is -2.59. The predicted molar refractivity (Wildman–Crippen MR) is 102 cm³/mol. The van der Waals surface area contributed by atoms with E-state index in [2.05, 4.69) is 10.4 Å². The van der Waals surface area contributed by atoms with Crippen LogP contribution in [0.2, 0.25) is 0 Å². The number of hydrazine groups is 1. The number of carbonyl (C=O) groups excluding carboxylic acids is 1. The number of hydrogen-bond donors (Lipinski definition) is 1. The van der Waals surface area contributed by atoms with Crippen LogP contribution in [0.4, 0.5) is 0 Å². The Morgan fingerprint density at radius 3 is 1.69 bits per heavy atom. The average Bonchev–Trinajstić information content (AvgIpc) is 2.95. The number of fused-ring (bicyclic) bond motifs is 3. The van der Waals surface area contributed by atoms with Crippen molar-refractivity contribution in [1.29, 1.82) is 0 Å². The number of carbonyl (C=O) groups is 1. The average molecular weight is 357 g/mol. The van der Waals surface area contributed by atoms with E-state index in [1.807, 2.05) is 0 Å². The minimum absolute atomic E-state index is 0.00562. The maximum absolute atomic E-state index is 13.6. The smallest absolute Gasteiger partial charge is 0.240 e. The molecule has 7 aliphatic rings. The van der Waals surface area contributed by atoms with E-state index in [-0.39, 0.29) is 5.41 Å². The highest BCUT2D eigenvalue weighted by Crippen LogP contribution is 2.60. The van der Waals surface area contributed by atoms with Crippen molar-refractivity contribution in [2.24, 2.45) is 35.0 Å². The summed E-state index contributed by atoms with van der Waals surface area (Å²) in [4.78, 5) is 13.6. The Kier molecular flexibility index (Phi) is 3.76. The highest BCUT2D eigenvalue weighted by atomic mass is 16.2. The van der Waals surface area contributed by atoms with Gasteiger partial charge >= 0.3 is 0 Å². The molecule has 6 saturated carbocycles. The zero-order valence-corrected chi connectivity index (χ0v) is 16.3. The van der Waals surface area contributed by atoms with Crippen LogP contribution in [-0.4, -0.2) is 23.0 Å². The molecule has 7 rings (SSSR count). The molecule has 0 aromatic heterocycles. The van der Waals surface area contributed by atoms with E-state index < -0.39 is 0 Å². The third-order valence-electron chi connectivity index (χ3n) is 9.58. The van der Waals surface area contributed by atoms with Crippen molar-refractivity contribution in [2.75, 3.05) is 0 Å². The lowest BCUT2D eigenvalue weighted by Gasteiger charge is -2.56. The summed E-state index contributed by atoms with van der Waals surface area (Å²) in [6, 6.07) is 1.30. The molecule has 3 nitrogen and oxygen atoms in total. The summed E-state index contributed by atoms with van der Waals surface area (Å²) in [5.74, 6) is 4.74. The molecule has 1 N–H and O–H groups in total. The van der Waals surface area contributed by atoms with Crippen LogP contribution in [0.25, 0.3) is 0 Å². The highest BCUT2D eigenvalue weighted by molar-refractivity contribution is 5.82. The van der Waals surface area contributed by atoms with Gasteiger partial charge in [-0.2, -0.15) is 0 Å². The van der Waals surface area contributed by atoms with Crippen molar-refractivity contribution in [3.63, 3.8) is 0 Å². The van der Waals surface area contributed by atoms with Gasteiger partial charge in [-0.25, -0.2) is 5.01 Å². The summed E-state index contributed by atoms with van der Waals surface area (Å²) >= 11 is 0. The van der Waals surface area contributed by atoms with Crippen LogP contribution in [0.3, 0.4) is 0 Å². The Hall–Kier alpha value is -0.570. The highest BCUT2D eigenvalue weighted by Gasteiger charge is 2.56. The SMILES string of the molecule is O=C(NN1C2CCCCC2C2CCCCC21)C12CC3CC(CC(C3)C1)C2. The second-order valence-corrected chi connectivity index (χ2v) is 11.1. The van der Waals surface area contributed by atoms with Gasteiger partial charge in [0.1, 0.15) is 0 Å². The Balaban J connectivity index is 1.24. The monoisotopic (exact) mass is 356 g/mol. The van der Waals surface area contributed by atoms with E-state index in [4.69, 9.17) is 0 Å². The standard InChI is InChI=1S/C23H36N2O/c26-22(23-12-15-9-16(13-23)11-17(10-15)14-23)24-25-20-7-3-1-5-18(20)19-6-2-4-8-21(19)25/h15-21H,1-14H2,(H,24,26). The van der Waals surface area contributed by atoms with Crippen molar-refractivity contribution in [3.05, 3.63) is 0 Å². The second kappa shape index (κ2) is 5.96. The van der Waals surface area contributed by atoms with Crippen molar-refractivity contribution in [2.45, 2.75) is 102 Å². The summed E-state index contributed by atoms with van der Waals surface area (Å²) in [5, 5.41) is 2.55. The van der Waals surface area contributed by atoms with Gasteiger partial charge in [-0.3, -0.25) is 10.2 Å². The Labute approximate surface area is 158 Å². The Bertz CT molecular complexity index is 529. The normalized spacial score (nSPS) is 52.5. The van der Waals surface area contributed by atoms with Gasteiger partial charge in [0.25, 0.3) is 0 Å². The molecule has 0 spiro atoms. The maximum atomic E-state index is 13.6. The van der Waals surface area contributed by atoms with Crippen LogP contribution in [0.15, 0.2) is 0 Å². The minimum atomic E-state index is 0.00562. The van der Waals surface area contributed by atoms with Gasteiger partial charge in [0, 0.05) is 12.1 Å². The zero-order valence-electron chi connectivity index (χ0n) is 16.3. The number of amides is 1. The van der Waals surface area contributed by atoms with Crippen LogP contribution < -0.4 is 5.43 Å². The maximum Gasteiger partial charge on any atom is 0.240 e. The molecule has 0 radical (unpaired) electrons. The molecule has 0 aromatic carbocycles. The van der Waals surface area contributed by atoms with Gasteiger partial charge in [0.15, 0.2) is 0 Å². The van der Waals surface area contributed by atoms with Crippen LogP contribution >= 0.6 is 0 Å². The zero-order chi connectivity index (χ0) is 17.3. The second-order valence-electron chi connectivity index (χ2n) is 11.1. The van der Waals surface area contributed by atoms with E-state index in [0.717, 1.165) is 29.6 Å². The minimum Gasteiger partial charge on any atom is -0.288 e. The van der Waals surface area contributed by atoms with E-state index in [9.17, 15) is 4.79 Å². The molecule has 1 aliphatic heterocycles. The molecular weight excluding hydrogens is 320 g/mol. The largest absolute Gasteiger partial charge is 0.288 e. The van der Waals surface area contributed by atoms with E-state index >= 15 is 0 Å². The predicted octanol–water partition coefficient (Wildman–Crippen LogP) is 4.67. The molecule has 3 heteroatoms. The van der Waals surface area contributed by atoms with Gasteiger partial charge in [0.05, 0.1) is 5.41 Å². The summed E-state index contributed by atoms with van der Waals surface area (Å²) in [5.41, 5.74) is 3.63. The van der Waals surface area contributed by atoms with Crippen LogP contribution in [-0.2, 0) is 4.79 Å². The quantitative estimate of drug-likeness (QED) is 0.780. The first-order valence-electron chi connectivity index (χ1n) is 11.8. The lowest BCUT2D eigenvalue weighted by atomic mass is 9.49. The summed E-state index contributed by atoms with van der Waals surface area (Å²) in [6.07, 6.45) is 18.9. The molecule has 144 valence electrons. The Morgan fingerprint density at radius 1 is 0.731 bits per heavy atom. The molecule has 4 bridgehead atoms. The third kappa shape index (κ3) is 2.38. The number of nitrogens with zero attached hydrogens (tertiary/aromatic N) is 1. The van der Waals surface area contributed by atoms with Gasteiger partial charge in [-0.1, -0.05) is 25.7 Å². The molecule has 4 unspecified atom stereocenters. The topological polar surface area (TPSA) is 32.3 Å². The number of nitrogens with one attached hydrogen (secondary N) is 1. The van der Waals surface area contributed by atoms with Crippen LogP contribution in [0.1, 0.15) is 89.9 Å². The van der Waals surface area contributed by atoms with Crippen molar-refractivity contribution in [3.8, 4) is 0 Å². The number of hydrogen-bond acceptors (Lipinski definition) is 2. The fraction of sp³-hybridized carbons (Fsp3) is 0.957. The van der Waals surface area contributed by atoms with Gasteiger partial charge in [-0.05, 0) is 93.8 Å². The van der Waals surface area contributed by atoms with Crippen molar-refractivity contribution >= 4 is 5.91 Å². The van der Waals surface area contributed by atoms with Gasteiger partial charge in [-0.15, -0.1) is 0 Å². The fourth-order valence-electron chi connectivity index (χ4n) is 9.01. The molecule has 1 saturated heterocycles. The number of rotatable bonds is 2. The van der Waals surface area contributed by atoms with E-state index in [1.54, 1.807) is 0 Å². The Morgan fingerprint density at radius 2 is 1.19 bits per heavy atom. The first kappa shape index (κ1) is 16.4. The molecule has 4 atom stereocenters. The molecule has 7 fully saturated rings.